The first-order chi connectivity index (χ1) is 19.0. The molecule has 1 N–H and O–H groups in total. The maximum absolute atomic E-state index is 13.5. The summed E-state index contributed by atoms with van der Waals surface area (Å²) >= 11 is 1.10. The van der Waals surface area contributed by atoms with E-state index in [0.717, 1.165) is 34.1 Å². The molecule has 0 saturated heterocycles. The maximum Gasteiger partial charge on any atom is 0.328 e. The zero-order chi connectivity index (χ0) is 27.5. The molecule has 0 radical (unpaired) electrons. The lowest BCUT2D eigenvalue weighted by atomic mass is 9.98. The molecule has 8 heteroatoms. The zero-order valence-electron chi connectivity index (χ0n) is 21.5. The fourth-order valence-corrected chi connectivity index (χ4v) is 5.00. The summed E-state index contributed by atoms with van der Waals surface area (Å²) in [5.74, 6) is -1.10. The van der Waals surface area contributed by atoms with Gasteiger partial charge in [-0.15, -0.1) is 0 Å². The average molecular weight is 540 g/mol. The highest BCUT2D eigenvalue weighted by Gasteiger charge is 2.27. The van der Waals surface area contributed by atoms with Crippen molar-refractivity contribution in [2.24, 2.45) is 5.92 Å². The topological polar surface area (TPSA) is 98.2 Å². The van der Waals surface area contributed by atoms with Crippen LogP contribution in [0.5, 0.6) is 0 Å². The first-order valence-corrected chi connectivity index (χ1v) is 13.5. The van der Waals surface area contributed by atoms with Crippen molar-refractivity contribution in [3.05, 3.63) is 120 Å². The van der Waals surface area contributed by atoms with Crippen LogP contribution >= 0.6 is 11.8 Å². The number of hydrogen-bond donors (Lipinski definition) is 1. The Kier molecular flexibility index (Phi) is 9.97. The molecule has 2 atom stereocenters. The molecule has 0 aliphatic carbocycles. The molecule has 0 aliphatic heterocycles. The monoisotopic (exact) mass is 539 g/mol. The molecule has 0 bridgehead atoms. The number of aromatic nitrogens is 2. The minimum Gasteiger partial charge on any atom is -0.467 e. The Bertz CT molecular complexity index is 1370. The number of methoxy groups -OCH3 is 1. The van der Waals surface area contributed by atoms with Crippen LogP contribution < -0.4 is 5.32 Å². The smallest absolute Gasteiger partial charge is 0.328 e. The molecule has 198 valence electrons. The van der Waals surface area contributed by atoms with Crippen LogP contribution in [0.4, 0.5) is 0 Å². The molecule has 4 rings (SSSR count). The summed E-state index contributed by atoms with van der Waals surface area (Å²) in [6, 6.07) is 25.3. The number of rotatable bonds is 11. The van der Waals surface area contributed by atoms with E-state index in [-0.39, 0.29) is 23.2 Å². The molecule has 1 heterocycles. The standard InChI is InChI=1S/C31H29N3O4S/c1-38-30(36)27(19-23-12-14-24(15-13-23)28-20-32-16-17-33-28)34-29(35)26(18-22-8-4-2-5-9-22)21-39-31(37)25-10-6-3-7-11-25/h2-17,20,26-27H,18-19,21H2,1H3,(H,34,35). The van der Waals surface area contributed by atoms with Crippen molar-refractivity contribution >= 4 is 28.8 Å². The lowest BCUT2D eigenvalue weighted by molar-refractivity contribution is -0.145. The van der Waals surface area contributed by atoms with Gasteiger partial charge in [0.1, 0.15) is 6.04 Å². The summed E-state index contributed by atoms with van der Waals surface area (Å²) < 4.78 is 5.00. The molecule has 1 aromatic heterocycles. The Morgan fingerprint density at radius 1 is 0.846 bits per heavy atom. The number of nitrogens with zero attached hydrogens (tertiary/aromatic N) is 2. The van der Waals surface area contributed by atoms with E-state index in [4.69, 9.17) is 4.74 Å². The molecule has 0 spiro atoms. The van der Waals surface area contributed by atoms with Gasteiger partial charge >= 0.3 is 5.97 Å². The molecular formula is C31H29N3O4S. The van der Waals surface area contributed by atoms with Crippen LogP contribution in [-0.2, 0) is 27.2 Å². The van der Waals surface area contributed by atoms with E-state index < -0.39 is 17.9 Å². The van der Waals surface area contributed by atoms with Gasteiger partial charge in [-0.05, 0) is 17.5 Å². The Hall–Kier alpha value is -4.30. The molecular weight excluding hydrogens is 510 g/mol. The molecule has 39 heavy (non-hydrogen) atoms. The summed E-state index contributed by atoms with van der Waals surface area (Å²) in [7, 11) is 1.30. The Labute approximate surface area is 232 Å². The Morgan fingerprint density at radius 2 is 1.51 bits per heavy atom. The highest BCUT2D eigenvalue weighted by molar-refractivity contribution is 8.14. The molecule has 3 aromatic carbocycles. The third-order valence-corrected chi connectivity index (χ3v) is 7.24. The number of carbonyl (C=O) groups is 3. The van der Waals surface area contributed by atoms with Gasteiger partial charge in [-0.1, -0.05) is 96.7 Å². The Morgan fingerprint density at radius 3 is 2.15 bits per heavy atom. The number of esters is 1. The third kappa shape index (κ3) is 8.09. The second-order valence-electron chi connectivity index (χ2n) is 8.93. The van der Waals surface area contributed by atoms with Gasteiger partial charge in [-0.2, -0.15) is 0 Å². The van der Waals surface area contributed by atoms with Crippen LogP contribution in [-0.4, -0.2) is 45.9 Å². The number of amides is 1. The van der Waals surface area contributed by atoms with E-state index in [1.165, 1.54) is 7.11 Å². The number of thioether (sulfide) groups is 1. The van der Waals surface area contributed by atoms with Crippen molar-refractivity contribution in [2.75, 3.05) is 12.9 Å². The fraction of sp³-hybridized carbons (Fsp3) is 0.194. The summed E-state index contributed by atoms with van der Waals surface area (Å²) in [6.07, 6.45) is 5.61. The van der Waals surface area contributed by atoms with E-state index in [0.29, 0.717) is 12.0 Å². The van der Waals surface area contributed by atoms with Crippen molar-refractivity contribution in [1.29, 1.82) is 0 Å². The fourth-order valence-electron chi connectivity index (χ4n) is 4.08. The number of ether oxygens (including phenoxy) is 1. The molecule has 7 nitrogen and oxygen atoms in total. The van der Waals surface area contributed by atoms with Crippen LogP contribution in [0.15, 0.2) is 104 Å². The average Bonchev–Trinajstić information content (AvgIpc) is 3.00. The molecule has 1 amide bonds. The van der Waals surface area contributed by atoms with Gasteiger partial charge in [0.25, 0.3) is 0 Å². The van der Waals surface area contributed by atoms with Crippen molar-refractivity contribution in [3.63, 3.8) is 0 Å². The van der Waals surface area contributed by atoms with E-state index in [9.17, 15) is 14.4 Å². The van der Waals surface area contributed by atoms with Gasteiger partial charge in [-0.3, -0.25) is 19.6 Å². The maximum atomic E-state index is 13.5. The SMILES string of the molecule is COC(=O)C(Cc1ccc(-c2cnccn2)cc1)NC(=O)C(CSC(=O)c1ccccc1)Cc1ccccc1. The van der Waals surface area contributed by atoms with Crippen molar-refractivity contribution in [1.82, 2.24) is 15.3 Å². The van der Waals surface area contributed by atoms with Crippen LogP contribution in [0.1, 0.15) is 21.5 Å². The van der Waals surface area contributed by atoms with Gasteiger partial charge in [-0.25, -0.2) is 4.79 Å². The number of hydrogen-bond acceptors (Lipinski definition) is 7. The number of carbonyl (C=O) groups excluding carboxylic acids is 3. The van der Waals surface area contributed by atoms with Gasteiger partial charge in [0, 0.05) is 35.7 Å². The molecule has 4 aromatic rings. The molecule has 0 fully saturated rings. The first kappa shape index (κ1) is 27.7. The second kappa shape index (κ2) is 14.0. The second-order valence-corrected chi connectivity index (χ2v) is 9.92. The van der Waals surface area contributed by atoms with Crippen LogP contribution in [0.25, 0.3) is 11.3 Å². The van der Waals surface area contributed by atoms with Crippen molar-refractivity contribution in [3.8, 4) is 11.3 Å². The van der Waals surface area contributed by atoms with Gasteiger partial charge < -0.3 is 10.1 Å². The lowest BCUT2D eigenvalue weighted by Crippen LogP contribution is -2.46. The zero-order valence-corrected chi connectivity index (χ0v) is 22.3. The summed E-state index contributed by atoms with van der Waals surface area (Å²) in [5, 5.41) is 2.78. The van der Waals surface area contributed by atoms with Gasteiger partial charge in [0.2, 0.25) is 11.0 Å². The van der Waals surface area contributed by atoms with Crippen LogP contribution in [0.2, 0.25) is 0 Å². The van der Waals surface area contributed by atoms with E-state index >= 15 is 0 Å². The van der Waals surface area contributed by atoms with Gasteiger partial charge in [0.05, 0.1) is 24.9 Å². The normalized spacial score (nSPS) is 12.2. The highest BCUT2D eigenvalue weighted by atomic mass is 32.2. The van der Waals surface area contributed by atoms with E-state index in [1.54, 1.807) is 30.7 Å². The van der Waals surface area contributed by atoms with E-state index in [2.05, 4.69) is 15.3 Å². The predicted octanol–water partition coefficient (Wildman–Crippen LogP) is 4.78. The number of benzene rings is 3. The molecule has 0 saturated carbocycles. The van der Waals surface area contributed by atoms with Crippen LogP contribution in [0.3, 0.4) is 0 Å². The van der Waals surface area contributed by atoms with Crippen molar-refractivity contribution < 1.29 is 19.1 Å². The molecule has 2 unspecified atom stereocenters. The van der Waals surface area contributed by atoms with Crippen molar-refractivity contribution in [2.45, 2.75) is 18.9 Å². The summed E-state index contributed by atoms with van der Waals surface area (Å²) in [4.78, 5) is 47.3. The molecule has 0 aliphatic rings. The highest BCUT2D eigenvalue weighted by Crippen LogP contribution is 2.21. The van der Waals surface area contributed by atoms with Gasteiger partial charge in [0.15, 0.2) is 0 Å². The first-order valence-electron chi connectivity index (χ1n) is 12.5. The minimum absolute atomic E-state index is 0.103. The summed E-state index contributed by atoms with van der Waals surface area (Å²) in [5.41, 5.74) is 4.05. The summed E-state index contributed by atoms with van der Waals surface area (Å²) in [6.45, 7) is 0. The predicted molar refractivity (Wildman–Crippen MR) is 152 cm³/mol. The lowest BCUT2D eigenvalue weighted by Gasteiger charge is -2.21. The van der Waals surface area contributed by atoms with E-state index in [1.807, 2.05) is 72.8 Å². The Balaban J connectivity index is 1.47. The number of nitrogens with one attached hydrogen (secondary N) is 1. The largest absolute Gasteiger partial charge is 0.467 e. The van der Waals surface area contributed by atoms with Crippen LogP contribution in [0, 0.1) is 5.92 Å². The third-order valence-electron chi connectivity index (χ3n) is 6.18. The quantitative estimate of drug-likeness (QED) is 0.274. The minimum atomic E-state index is -0.877.